The van der Waals surface area contributed by atoms with Crippen LogP contribution in [0.25, 0.3) is 0 Å². The molecular formula is C26H30Se2. The van der Waals surface area contributed by atoms with Crippen LogP contribution in [0.2, 0.25) is 0 Å². The Labute approximate surface area is 183 Å². The van der Waals surface area contributed by atoms with Crippen LogP contribution in [-0.4, -0.2) is 29.9 Å². The van der Waals surface area contributed by atoms with Crippen molar-refractivity contribution in [3.63, 3.8) is 0 Å². The Hall–Kier alpha value is -1.30. The van der Waals surface area contributed by atoms with Crippen molar-refractivity contribution >= 4 is 47.8 Å². The summed E-state index contributed by atoms with van der Waals surface area (Å²) in [6.07, 6.45) is 0. The van der Waals surface area contributed by atoms with E-state index >= 15 is 0 Å². The molecule has 0 atom stereocenters. The van der Waals surface area contributed by atoms with Crippen LogP contribution in [0.4, 0.5) is 0 Å². The zero-order valence-corrected chi connectivity index (χ0v) is 21.2. The van der Waals surface area contributed by atoms with Crippen molar-refractivity contribution in [2.45, 2.75) is 52.4 Å². The molecule has 0 aromatic heterocycles. The van der Waals surface area contributed by atoms with Crippen molar-refractivity contribution in [1.82, 2.24) is 0 Å². The topological polar surface area (TPSA) is 0 Å². The molecule has 2 heteroatoms. The molecule has 146 valence electrons. The Bertz CT molecular complexity index is 813. The van der Waals surface area contributed by atoms with Crippen LogP contribution >= 0.6 is 0 Å². The molecule has 0 aliphatic rings. The fourth-order valence-corrected chi connectivity index (χ4v) is 6.32. The van der Waals surface area contributed by atoms with Gasteiger partial charge in [0, 0.05) is 0 Å². The normalized spacial score (nSPS) is 12.2. The second kappa shape index (κ2) is 8.60. The SMILES string of the molecule is CC(C)(C)c1ccc([Se]c2ccc([Se]c3ccc(C(C)(C)C)cc3)cc2)cc1. The Morgan fingerprint density at radius 1 is 0.393 bits per heavy atom. The molecule has 0 N–H and O–H groups in total. The minimum absolute atomic E-state index is 0.223. The van der Waals surface area contributed by atoms with Crippen LogP contribution in [-0.2, 0) is 10.8 Å². The molecule has 0 saturated carbocycles. The second-order valence-electron chi connectivity index (χ2n) is 9.22. The maximum absolute atomic E-state index is 2.32. The van der Waals surface area contributed by atoms with E-state index < -0.39 is 0 Å². The molecule has 3 aromatic carbocycles. The Morgan fingerprint density at radius 3 is 0.821 bits per heavy atom. The predicted octanol–water partition coefficient (Wildman–Crippen LogP) is 3.59. The third-order valence-corrected chi connectivity index (χ3v) is 9.00. The van der Waals surface area contributed by atoms with Crippen molar-refractivity contribution in [1.29, 1.82) is 0 Å². The number of hydrogen-bond donors (Lipinski definition) is 0. The molecule has 0 unspecified atom stereocenters. The molecular weight excluding hydrogens is 470 g/mol. The maximum atomic E-state index is 2.32. The average Bonchev–Trinajstić information content (AvgIpc) is 2.63. The van der Waals surface area contributed by atoms with E-state index in [0.717, 1.165) is 0 Å². The van der Waals surface area contributed by atoms with Crippen LogP contribution in [0.1, 0.15) is 52.7 Å². The van der Waals surface area contributed by atoms with Gasteiger partial charge in [0.2, 0.25) is 0 Å². The van der Waals surface area contributed by atoms with Gasteiger partial charge in [0.15, 0.2) is 0 Å². The van der Waals surface area contributed by atoms with Crippen LogP contribution in [0, 0.1) is 0 Å². The number of benzene rings is 3. The molecule has 3 aromatic rings. The van der Waals surface area contributed by atoms with E-state index in [1.54, 1.807) is 0 Å². The van der Waals surface area contributed by atoms with E-state index in [9.17, 15) is 0 Å². The molecule has 0 aliphatic carbocycles. The minimum atomic E-state index is 0.223. The van der Waals surface area contributed by atoms with Gasteiger partial charge in [0.25, 0.3) is 0 Å². The standard InChI is InChI=1S/C26H30Se2/c1-25(2,3)19-7-11-21(12-8-19)27-23-15-17-24(18-16-23)28-22-13-9-20(10-14-22)26(4,5)6/h7-18H,1-6H3. The summed E-state index contributed by atoms with van der Waals surface area (Å²) in [7, 11) is 0. The first kappa shape index (κ1) is 21.4. The van der Waals surface area contributed by atoms with Gasteiger partial charge >= 0.3 is 184 Å². The van der Waals surface area contributed by atoms with E-state index in [0.29, 0.717) is 29.9 Å². The van der Waals surface area contributed by atoms with Gasteiger partial charge in [0.05, 0.1) is 0 Å². The van der Waals surface area contributed by atoms with E-state index in [-0.39, 0.29) is 10.8 Å². The van der Waals surface area contributed by atoms with E-state index in [1.165, 1.54) is 29.0 Å². The summed E-state index contributed by atoms with van der Waals surface area (Å²) in [6.45, 7) is 13.6. The first-order valence-corrected chi connectivity index (χ1v) is 13.2. The molecule has 0 bridgehead atoms. The Balaban J connectivity index is 1.63. The molecule has 0 amide bonds. The van der Waals surface area contributed by atoms with Crippen molar-refractivity contribution in [2.75, 3.05) is 0 Å². The fourth-order valence-electron chi connectivity index (χ4n) is 2.89. The van der Waals surface area contributed by atoms with E-state index in [4.69, 9.17) is 0 Å². The van der Waals surface area contributed by atoms with Gasteiger partial charge in [-0.15, -0.1) is 0 Å². The van der Waals surface area contributed by atoms with Crippen molar-refractivity contribution in [3.8, 4) is 0 Å². The van der Waals surface area contributed by atoms with Crippen LogP contribution in [0.3, 0.4) is 0 Å². The number of hydrogen-bond acceptors (Lipinski definition) is 0. The summed E-state index contributed by atoms with van der Waals surface area (Å²) in [5, 5.41) is 0. The zero-order chi connectivity index (χ0) is 20.4. The van der Waals surface area contributed by atoms with Gasteiger partial charge in [-0.1, -0.05) is 0 Å². The van der Waals surface area contributed by atoms with Gasteiger partial charge in [-0.2, -0.15) is 0 Å². The third kappa shape index (κ3) is 5.85. The predicted molar refractivity (Wildman–Crippen MR) is 127 cm³/mol. The van der Waals surface area contributed by atoms with Gasteiger partial charge in [-0.05, 0) is 0 Å². The first-order valence-electron chi connectivity index (χ1n) is 9.78. The summed E-state index contributed by atoms with van der Waals surface area (Å²) < 4.78 is 5.77. The summed E-state index contributed by atoms with van der Waals surface area (Å²) in [4.78, 5) is 0. The van der Waals surface area contributed by atoms with Crippen molar-refractivity contribution in [3.05, 3.63) is 83.9 Å². The monoisotopic (exact) mass is 502 g/mol. The molecule has 0 fully saturated rings. The first-order chi connectivity index (χ1) is 13.1. The van der Waals surface area contributed by atoms with Gasteiger partial charge < -0.3 is 0 Å². The quantitative estimate of drug-likeness (QED) is 0.481. The third-order valence-electron chi connectivity index (χ3n) is 4.74. The van der Waals surface area contributed by atoms with Gasteiger partial charge in [0.1, 0.15) is 0 Å². The van der Waals surface area contributed by atoms with E-state index in [1.807, 2.05) is 0 Å². The van der Waals surface area contributed by atoms with Crippen LogP contribution < -0.4 is 17.8 Å². The average molecular weight is 500 g/mol. The molecule has 3 rings (SSSR count). The Morgan fingerprint density at radius 2 is 0.607 bits per heavy atom. The van der Waals surface area contributed by atoms with Crippen molar-refractivity contribution in [2.24, 2.45) is 0 Å². The molecule has 0 radical (unpaired) electrons. The van der Waals surface area contributed by atoms with Crippen LogP contribution in [0.5, 0.6) is 0 Å². The second-order valence-corrected chi connectivity index (χ2v) is 14.0. The summed E-state index contributed by atoms with van der Waals surface area (Å²) in [5.74, 6) is 0. The van der Waals surface area contributed by atoms with E-state index in [2.05, 4.69) is 114 Å². The zero-order valence-electron chi connectivity index (χ0n) is 17.7. The fraction of sp³-hybridized carbons (Fsp3) is 0.308. The summed E-state index contributed by atoms with van der Waals surface area (Å²) in [6, 6.07) is 27.6. The van der Waals surface area contributed by atoms with Crippen LogP contribution in [0.15, 0.2) is 72.8 Å². The van der Waals surface area contributed by atoms with Crippen molar-refractivity contribution < 1.29 is 0 Å². The van der Waals surface area contributed by atoms with Gasteiger partial charge in [-0.3, -0.25) is 0 Å². The molecule has 0 spiro atoms. The summed E-state index contributed by atoms with van der Waals surface area (Å²) in [5.41, 5.74) is 3.26. The number of rotatable bonds is 4. The molecule has 28 heavy (non-hydrogen) atoms. The molecule has 0 heterocycles. The Kier molecular flexibility index (Phi) is 6.57. The molecule has 0 nitrogen and oxygen atoms in total. The molecule has 0 saturated heterocycles. The van der Waals surface area contributed by atoms with Gasteiger partial charge in [-0.25, -0.2) is 0 Å². The summed E-state index contributed by atoms with van der Waals surface area (Å²) >= 11 is 0.743. The molecule has 0 aliphatic heterocycles.